The molecular formula is C19H23N3O2. The summed E-state index contributed by atoms with van der Waals surface area (Å²) in [7, 11) is 0. The third-order valence-corrected chi connectivity index (χ3v) is 3.70. The standard InChI is InChI=1S/C19H23N3O2/c1-14(2)22(13-18(20)23)12-15-7-6-8-16(11-15)19(24)21-17-9-4-3-5-10-17/h3-11,14H,12-13H2,1-2H3,(H2,20,23)(H,21,24). The maximum atomic E-state index is 12.4. The number of hydrogen-bond acceptors (Lipinski definition) is 3. The molecule has 0 saturated carbocycles. The molecule has 0 atom stereocenters. The average Bonchev–Trinajstić information content (AvgIpc) is 2.55. The lowest BCUT2D eigenvalue weighted by molar-refractivity contribution is -0.119. The summed E-state index contributed by atoms with van der Waals surface area (Å²) in [5.41, 5.74) is 7.61. The Labute approximate surface area is 142 Å². The first kappa shape index (κ1) is 17.7. The molecule has 0 spiro atoms. The van der Waals surface area contributed by atoms with Gasteiger partial charge in [-0.1, -0.05) is 30.3 Å². The number of primary amides is 1. The first-order chi connectivity index (χ1) is 11.5. The van der Waals surface area contributed by atoms with Gasteiger partial charge in [0, 0.05) is 23.8 Å². The first-order valence-electron chi connectivity index (χ1n) is 7.93. The minimum atomic E-state index is -0.360. The molecule has 2 rings (SSSR count). The van der Waals surface area contributed by atoms with Crippen LogP contribution >= 0.6 is 0 Å². The number of rotatable bonds is 7. The van der Waals surface area contributed by atoms with Crippen molar-refractivity contribution < 1.29 is 9.59 Å². The van der Waals surface area contributed by atoms with E-state index in [1.165, 1.54) is 0 Å². The molecule has 0 fully saturated rings. The van der Waals surface area contributed by atoms with E-state index in [0.717, 1.165) is 11.3 Å². The van der Waals surface area contributed by atoms with Crippen molar-refractivity contribution >= 4 is 17.5 Å². The van der Waals surface area contributed by atoms with Crippen LogP contribution in [0.5, 0.6) is 0 Å². The van der Waals surface area contributed by atoms with Gasteiger partial charge in [0.05, 0.1) is 6.54 Å². The summed E-state index contributed by atoms with van der Waals surface area (Å²) in [6, 6.07) is 16.9. The van der Waals surface area contributed by atoms with Crippen LogP contribution in [0.1, 0.15) is 29.8 Å². The Hall–Kier alpha value is -2.66. The molecule has 0 radical (unpaired) electrons. The Balaban J connectivity index is 2.10. The predicted molar refractivity (Wildman–Crippen MR) is 95.6 cm³/mol. The smallest absolute Gasteiger partial charge is 0.255 e. The topological polar surface area (TPSA) is 75.4 Å². The van der Waals surface area contributed by atoms with Crippen molar-refractivity contribution in [2.75, 3.05) is 11.9 Å². The molecule has 0 heterocycles. The van der Waals surface area contributed by atoms with E-state index in [-0.39, 0.29) is 24.4 Å². The summed E-state index contributed by atoms with van der Waals surface area (Å²) in [6.45, 7) is 4.77. The molecule has 0 saturated heterocycles. The van der Waals surface area contributed by atoms with Crippen molar-refractivity contribution in [3.8, 4) is 0 Å². The van der Waals surface area contributed by atoms with Gasteiger partial charge in [0.25, 0.3) is 5.91 Å². The van der Waals surface area contributed by atoms with Gasteiger partial charge in [-0.15, -0.1) is 0 Å². The van der Waals surface area contributed by atoms with Crippen molar-refractivity contribution in [2.24, 2.45) is 5.73 Å². The van der Waals surface area contributed by atoms with Gasteiger partial charge in [0.15, 0.2) is 0 Å². The van der Waals surface area contributed by atoms with E-state index in [2.05, 4.69) is 5.32 Å². The molecule has 0 bridgehead atoms. The van der Waals surface area contributed by atoms with Crippen molar-refractivity contribution in [3.05, 3.63) is 65.7 Å². The molecule has 0 aliphatic carbocycles. The van der Waals surface area contributed by atoms with Crippen molar-refractivity contribution in [3.63, 3.8) is 0 Å². The van der Waals surface area contributed by atoms with Crippen LogP contribution in [0, 0.1) is 0 Å². The molecular weight excluding hydrogens is 302 g/mol. The number of anilines is 1. The zero-order chi connectivity index (χ0) is 17.5. The van der Waals surface area contributed by atoms with E-state index >= 15 is 0 Å². The number of carbonyl (C=O) groups excluding carboxylic acids is 2. The van der Waals surface area contributed by atoms with E-state index < -0.39 is 0 Å². The van der Waals surface area contributed by atoms with Gasteiger partial charge in [-0.2, -0.15) is 0 Å². The number of nitrogens with one attached hydrogen (secondary N) is 1. The molecule has 126 valence electrons. The highest BCUT2D eigenvalue weighted by Crippen LogP contribution is 2.13. The lowest BCUT2D eigenvalue weighted by Gasteiger charge is -2.25. The largest absolute Gasteiger partial charge is 0.369 e. The monoisotopic (exact) mass is 325 g/mol. The lowest BCUT2D eigenvalue weighted by Crippen LogP contribution is -2.38. The van der Waals surface area contributed by atoms with Gasteiger partial charge in [0.1, 0.15) is 0 Å². The Kier molecular flexibility index (Phi) is 6.09. The van der Waals surface area contributed by atoms with Crippen LogP contribution in [0.4, 0.5) is 5.69 Å². The summed E-state index contributed by atoms with van der Waals surface area (Å²) in [6.07, 6.45) is 0. The van der Waals surface area contributed by atoms with E-state index in [1.54, 1.807) is 6.07 Å². The van der Waals surface area contributed by atoms with Crippen LogP contribution in [0.2, 0.25) is 0 Å². The Morgan fingerprint density at radius 3 is 2.42 bits per heavy atom. The summed E-state index contributed by atoms with van der Waals surface area (Å²) >= 11 is 0. The average molecular weight is 325 g/mol. The molecule has 2 amide bonds. The summed E-state index contributed by atoms with van der Waals surface area (Å²) < 4.78 is 0. The third-order valence-electron chi connectivity index (χ3n) is 3.70. The van der Waals surface area contributed by atoms with Gasteiger partial charge in [-0.3, -0.25) is 14.5 Å². The van der Waals surface area contributed by atoms with Crippen LogP contribution in [0.25, 0.3) is 0 Å². The van der Waals surface area contributed by atoms with Crippen LogP contribution in [-0.2, 0) is 11.3 Å². The van der Waals surface area contributed by atoms with Gasteiger partial charge in [-0.25, -0.2) is 0 Å². The second-order valence-electron chi connectivity index (χ2n) is 5.99. The highest BCUT2D eigenvalue weighted by molar-refractivity contribution is 6.04. The van der Waals surface area contributed by atoms with E-state index in [0.29, 0.717) is 12.1 Å². The first-order valence-corrected chi connectivity index (χ1v) is 7.93. The van der Waals surface area contributed by atoms with Crippen molar-refractivity contribution in [1.82, 2.24) is 4.90 Å². The lowest BCUT2D eigenvalue weighted by atomic mass is 10.1. The summed E-state index contributed by atoms with van der Waals surface area (Å²) in [4.78, 5) is 25.5. The van der Waals surface area contributed by atoms with Crippen LogP contribution in [0.15, 0.2) is 54.6 Å². The predicted octanol–water partition coefficient (Wildman–Crippen LogP) is 2.63. The highest BCUT2D eigenvalue weighted by atomic mass is 16.2. The fourth-order valence-electron chi connectivity index (χ4n) is 2.39. The second kappa shape index (κ2) is 8.26. The fraction of sp³-hybridized carbons (Fsp3) is 0.263. The van der Waals surface area contributed by atoms with Crippen LogP contribution in [0.3, 0.4) is 0 Å². The molecule has 24 heavy (non-hydrogen) atoms. The minimum Gasteiger partial charge on any atom is -0.369 e. The van der Waals surface area contributed by atoms with Gasteiger partial charge in [-0.05, 0) is 43.7 Å². The normalized spacial score (nSPS) is 10.8. The maximum absolute atomic E-state index is 12.4. The maximum Gasteiger partial charge on any atom is 0.255 e. The molecule has 2 aromatic rings. The number of nitrogens with two attached hydrogens (primary N) is 1. The summed E-state index contributed by atoms with van der Waals surface area (Å²) in [5.74, 6) is -0.518. The van der Waals surface area contributed by atoms with E-state index in [1.807, 2.05) is 67.3 Å². The number of benzene rings is 2. The Morgan fingerprint density at radius 2 is 1.79 bits per heavy atom. The molecule has 0 aliphatic rings. The summed E-state index contributed by atoms with van der Waals surface area (Å²) in [5, 5.41) is 2.87. The zero-order valence-corrected chi connectivity index (χ0v) is 14.0. The molecule has 5 nitrogen and oxygen atoms in total. The zero-order valence-electron chi connectivity index (χ0n) is 14.0. The Bertz CT molecular complexity index is 699. The minimum absolute atomic E-state index is 0.158. The molecule has 0 aliphatic heterocycles. The highest BCUT2D eigenvalue weighted by Gasteiger charge is 2.14. The molecule has 0 aromatic heterocycles. The van der Waals surface area contributed by atoms with Crippen molar-refractivity contribution in [2.45, 2.75) is 26.4 Å². The third kappa shape index (κ3) is 5.21. The number of nitrogens with zero attached hydrogens (tertiary/aromatic N) is 1. The fourth-order valence-corrected chi connectivity index (χ4v) is 2.39. The number of para-hydroxylation sites is 1. The molecule has 2 aromatic carbocycles. The second-order valence-corrected chi connectivity index (χ2v) is 5.99. The molecule has 3 N–H and O–H groups in total. The van der Waals surface area contributed by atoms with Gasteiger partial charge in [0.2, 0.25) is 5.91 Å². The number of carbonyl (C=O) groups is 2. The van der Waals surface area contributed by atoms with Gasteiger partial charge >= 0.3 is 0 Å². The SMILES string of the molecule is CC(C)N(CC(N)=O)Cc1cccc(C(=O)Nc2ccccc2)c1. The Morgan fingerprint density at radius 1 is 1.08 bits per heavy atom. The molecule has 0 unspecified atom stereocenters. The number of amides is 2. The van der Waals surface area contributed by atoms with Crippen LogP contribution < -0.4 is 11.1 Å². The van der Waals surface area contributed by atoms with Gasteiger partial charge < -0.3 is 11.1 Å². The van der Waals surface area contributed by atoms with Crippen LogP contribution in [-0.4, -0.2) is 29.3 Å². The van der Waals surface area contributed by atoms with E-state index in [4.69, 9.17) is 5.73 Å². The molecule has 5 heteroatoms. The number of hydrogen-bond donors (Lipinski definition) is 2. The van der Waals surface area contributed by atoms with Crippen molar-refractivity contribution in [1.29, 1.82) is 0 Å². The van der Waals surface area contributed by atoms with E-state index in [9.17, 15) is 9.59 Å². The quantitative estimate of drug-likeness (QED) is 0.822.